The smallest absolute Gasteiger partial charge is 0.274 e. The first kappa shape index (κ1) is 26.2. The number of nitrogens with zero attached hydrogens (tertiary/aromatic N) is 5. The molecule has 0 unspecified atom stereocenters. The van der Waals surface area contributed by atoms with Gasteiger partial charge in [0.05, 0.1) is 30.2 Å². The summed E-state index contributed by atoms with van der Waals surface area (Å²) in [6.07, 6.45) is 4.71. The summed E-state index contributed by atoms with van der Waals surface area (Å²) in [5.74, 6) is -1.42. The predicted octanol–water partition coefficient (Wildman–Crippen LogP) is 4.27. The molecule has 0 aliphatic carbocycles. The van der Waals surface area contributed by atoms with Gasteiger partial charge in [0.25, 0.3) is 5.91 Å². The SMILES string of the molecule is COc1cccc(F)c1-c1nccc(C(=O)Nc2cc(F)c(-c3cnn(C)c3)cc2N2C[C@H](C)NC[C@@H]2C)n1. The molecule has 1 saturated heterocycles. The molecule has 39 heavy (non-hydrogen) atoms. The molecule has 1 aliphatic rings. The Labute approximate surface area is 224 Å². The van der Waals surface area contributed by atoms with Crippen LogP contribution < -0.4 is 20.3 Å². The highest BCUT2D eigenvalue weighted by Crippen LogP contribution is 2.36. The van der Waals surface area contributed by atoms with Crippen molar-refractivity contribution in [2.45, 2.75) is 25.9 Å². The summed E-state index contributed by atoms with van der Waals surface area (Å²) in [6, 6.07) is 9.12. The number of aryl methyl sites for hydroxylation is 1. The van der Waals surface area contributed by atoms with Crippen LogP contribution in [0.15, 0.2) is 55.0 Å². The van der Waals surface area contributed by atoms with Crippen LogP contribution >= 0.6 is 0 Å². The Kier molecular flexibility index (Phi) is 7.25. The number of halogens is 2. The maximum Gasteiger partial charge on any atom is 0.274 e. The highest BCUT2D eigenvalue weighted by molar-refractivity contribution is 6.05. The molecule has 1 fully saturated rings. The Morgan fingerprint density at radius 1 is 1.18 bits per heavy atom. The number of rotatable bonds is 6. The molecule has 3 heterocycles. The minimum atomic E-state index is -0.584. The molecule has 0 radical (unpaired) electrons. The second-order valence-electron chi connectivity index (χ2n) is 9.60. The molecule has 4 aromatic rings. The molecule has 2 aromatic carbocycles. The lowest BCUT2D eigenvalue weighted by Crippen LogP contribution is -2.54. The molecule has 5 rings (SSSR count). The van der Waals surface area contributed by atoms with E-state index in [1.165, 1.54) is 37.6 Å². The van der Waals surface area contributed by atoms with Gasteiger partial charge in [-0.3, -0.25) is 9.48 Å². The first-order valence-electron chi connectivity index (χ1n) is 12.5. The van der Waals surface area contributed by atoms with E-state index < -0.39 is 17.5 Å². The van der Waals surface area contributed by atoms with Crippen LogP contribution in [0.2, 0.25) is 0 Å². The Morgan fingerprint density at radius 3 is 2.74 bits per heavy atom. The van der Waals surface area contributed by atoms with Crippen molar-refractivity contribution < 1.29 is 18.3 Å². The highest BCUT2D eigenvalue weighted by Gasteiger charge is 2.27. The second-order valence-corrected chi connectivity index (χ2v) is 9.60. The van der Waals surface area contributed by atoms with Crippen molar-refractivity contribution >= 4 is 17.3 Å². The number of nitrogens with one attached hydrogen (secondary N) is 2. The molecule has 2 aromatic heterocycles. The third-order valence-electron chi connectivity index (χ3n) is 6.73. The number of ether oxygens (including phenoxy) is 1. The van der Waals surface area contributed by atoms with Crippen LogP contribution in [0.3, 0.4) is 0 Å². The second kappa shape index (κ2) is 10.8. The summed E-state index contributed by atoms with van der Waals surface area (Å²) < 4.78 is 36.9. The number of amides is 1. The standard InChI is InChI=1S/C28H29F2N7O2/c1-16-14-37(17(2)12-32-16)24-10-19(18-13-33-36(3)15-18)21(30)11-23(24)35-28(38)22-8-9-31-27(34-22)26-20(29)6-5-7-25(26)39-4/h5-11,13,15-17,32H,12,14H2,1-4H3,(H,35,38)/t16-,17-/m0/s1. The van der Waals surface area contributed by atoms with Crippen molar-refractivity contribution in [2.24, 2.45) is 7.05 Å². The lowest BCUT2D eigenvalue weighted by atomic mass is 10.0. The van der Waals surface area contributed by atoms with Gasteiger partial charge in [-0.1, -0.05) is 6.07 Å². The van der Waals surface area contributed by atoms with E-state index >= 15 is 4.39 Å². The maximum atomic E-state index is 15.4. The van der Waals surface area contributed by atoms with Crippen molar-refractivity contribution in [3.63, 3.8) is 0 Å². The monoisotopic (exact) mass is 533 g/mol. The third-order valence-corrected chi connectivity index (χ3v) is 6.73. The summed E-state index contributed by atoms with van der Waals surface area (Å²) in [5, 5.41) is 10.4. The minimum Gasteiger partial charge on any atom is -0.496 e. The van der Waals surface area contributed by atoms with Crippen LogP contribution in [-0.2, 0) is 7.05 Å². The molecule has 0 spiro atoms. The molecule has 202 valence electrons. The van der Waals surface area contributed by atoms with Crippen molar-refractivity contribution in [2.75, 3.05) is 30.4 Å². The number of carbonyl (C=O) groups is 1. The molecule has 11 heteroatoms. The van der Waals surface area contributed by atoms with Crippen molar-refractivity contribution in [3.05, 3.63) is 72.3 Å². The van der Waals surface area contributed by atoms with Gasteiger partial charge in [0.2, 0.25) is 0 Å². The van der Waals surface area contributed by atoms with Crippen molar-refractivity contribution in [1.82, 2.24) is 25.1 Å². The molecule has 1 amide bonds. The van der Waals surface area contributed by atoms with Crippen LogP contribution in [0, 0.1) is 11.6 Å². The molecule has 1 aliphatic heterocycles. The number of aromatic nitrogens is 4. The topological polar surface area (TPSA) is 97.2 Å². The molecule has 0 saturated carbocycles. The molecule has 2 N–H and O–H groups in total. The lowest BCUT2D eigenvalue weighted by molar-refractivity contribution is 0.102. The minimum absolute atomic E-state index is 0.000446. The van der Waals surface area contributed by atoms with Crippen LogP contribution in [0.1, 0.15) is 24.3 Å². The number of piperazine rings is 1. The van der Waals surface area contributed by atoms with Gasteiger partial charge in [0.15, 0.2) is 5.82 Å². The average Bonchev–Trinajstić information content (AvgIpc) is 3.36. The molecular formula is C28H29F2N7O2. The van der Waals surface area contributed by atoms with E-state index in [0.717, 1.165) is 6.54 Å². The fourth-order valence-electron chi connectivity index (χ4n) is 4.72. The van der Waals surface area contributed by atoms with E-state index in [0.29, 0.717) is 29.0 Å². The van der Waals surface area contributed by atoms with E-state index in [9.17, 15) is 9.18 Å². The van der Waals surface area contributed by atoms with E-state index in [2.05, 4.69) is 44.4 Å². The first-order chi connectivity index (χ1) is 18.7. The van der Waals surface area contributed by atoms with Gasteiger partial charge < -0.3 is 20.3 Å². The Morgan fingerprint density at radius 2 is 2.00 bits per heavy atom. The zero-order chi connectivity index (χ0) is 27.7. The van der Waals surface area contributed by atoms with Gasteiger partial charge >= 0.3 is 0 Å². The Balaban J connectivity index is 1.53. The predicted molar refractivity (Wildman–Crippen MR) is 145 cm³/mol. The number of hydrogen-bond acceptors (Lipinski definition) is 7. The molecule has 9 nitrogen and oxygen atoms in total. The van der Waals surface area contributed by atoms with Crippen molar-refractivity contribution in [3.8, 4) is 28.3 Å². The normalized spacial score (nSPS) is 17.2. The Bertz CT molecular complexity index is 1520. The van der Waals surface area contributed by atoms with Gasteiger partial charge in [0.1, 0.15) is 23.1 Å². The number of hydrogen-bond donors (Lipinski definition) is 2. The highest BCUT2D eigenvalue weighted by atomic mass is 19.1. The first-order valence-corrected chi connectivity index (χ1v) is 12.5. The zero-order valence-corrected chi connectivity index (χ0v) is 22.1. The van der Waals surface area contributed by atoms with Crippen LogP contribution in [0.5, 0.6) is 5.75 Å². The number of benzene rings is 2. The molecular weight excluding hydrogens is 504 g/mol. The van der Waals surface area contributed by atoms with Gasteiger partial charge in [0, 0.05) is 61.8 Å². The Hall–Kier alpha value is -4.38. The summed E-state index contributed by atoms with van der Waals surface area (Å²) in [6.45, 7) is 5.53. The summed E-state index contributed by atoms with van der Waals surface area (Å²) in [5.41, 5.74) is 2.03. The maximum absolute atomic E-state index is 15.4. The van der Waals surface area contributed by atoms with Gasteiger partial charge in [-0.15, -0.1) is 0 Å². The van der Waals surface area contributed by atoms with E-state index in [4.69, 9.17) is 4.74 Å². The fourth-order valence-corrected chi connectivity index (χ4v) is 4.72. The fraction of sp³-hybridized carbons (Fsp3) is 0.286. The van der Waals surface area contributed by atoms with Crippen LogP contribution in [0.25, 0.3) is 22.5 Å². The van der Waals surface area contributed by atoms with Crippen LogP contribution in [0.4, 0.5) is 20.2 Å². The third kappa shape index (κ3) is 5.30. The van der Waals surface area contributed by atoms with Gasteiger partial charge in [-0.2, -0.15) is 5.10 Å². The summed E-state index contributed by atoms with van der Waals surface area (Å²) in [4.78, 5) is 24.0. The molecule has 0 bridgehead atoms. The largest absolute Gasteiger partial charge is 0.496 e. The van der Waals surface area contributed by atoms with Crippen molar-refractivity contribution in [1.29, 1.82) is 0 Å². The number of carbonyl (C=O) groups excluding carboxylic acids is 1. The summed E-state index contributed by atoms with van der Waals surface area (Å²) in [7, 11) is 3.18. The lowest BCUT2D eigenvalue weighted by Gasteiger charge is -2.40. The average molecular weight is 534 g/mol. The van der Waals surface area contributed by atoms with E-state index in [-0.39, 0.29) is 34.9 Å². The van der Waals surface area contributed by atoms with Crippen LogP contribution in [-0.4, -0.2) is 57.9 Å². The number of methoxy groups -OCH3 is 1. The number of anilines is 2. The quantitative estimate of drug-likeness (QED) is 0.382. The van der Waals surface area contributed by atoms with E-state index in [1.54, 1.807) is 36.3 Å². The zero-order valence-electron chi connectivity index (χ0n) is 22.1. The van der Waals surface area contributed by atoms with Gasteiger partial charge in [-0.05, 0) is 38.1 Å². The molecule has 2 atom stereocenters. The van der Waals surface area contributed by atoms with E-state index in [1.807, 2.05) is 0 Å². The summed E-state index contributed by atoms with van der Waals surface area (Å²) >= 11 is 0. The van der Waals surface area contributed by atoms with Gasteiger partial charge in [-0.25, -0.2) is 18.7 Å².